The molecular formula is C19H14F2N2O. The number of benzene rings is 3. The number of urea groups is 1. The van der Waals surface area contributed by atoms with Crippen LogP contribution in [0.1, 0.15) is 0 Å². The SMILES string of the molecule is O=C(Nc1cc(F)ccc1F)N(c1ccccc1)c1ccccc1. The third-order valence-electron chi connectivity index (χ3n) is 3.40. The minimum Gasteiger partial charge on any atom is -0.304 e. The van der Waals surface area contributed by atoms with Gasteiger partial charge in [-0.2, -0.15) is 0 Å². The fourth-order valence-electron chi connectivity index (χ4n) is 2.30. The van der Waals surface area contributed by atoms with Crippen molar-refractivity contribution in [1.29, 1.82) is 0 Å². The molecule has 0 aliphatic rings. The Balaban J connectivity index is 1.97. The van der Waals surface area contributed by atoms with E-state index in [1.54, 1.807) is 48.5 Å². The average Bonchev–Trinajstić information content (AvgIpc) is 2.60. The molecule has 1 N–H and O–H groups in total. The maximum atomic E-state index is 13.8. The van der Waals surface area contributed by atoms with Crippen molar-refractivity contribution < 1.29 is 13.6 Å². The summed E-state index contributed by atoms with van der Waals surface area (Å²) in [5, 5.41) is 2.42. The van der Waals surface area contributed by atoms with Crippen molar-refractivity contribution in [2.45, 2.75) is 0 Å². The Kier molecular flexibility index (Phi) is 4.52. The highest BCUT2D eigenvalue weighted by molar-refractivity contribution is 6.07. The van der Waals surface area contributed by atoms with E-state index in [2.05, 4.69) is 5.32 Å². The van der Waals surface area contributed by atoms with Crippen LogP contribution < -0.4 is 10.2 Å². The first kappa shape index (κ1) is 15.7. The second-order valence-electron chi connectivity index (χ2n) is 5.06. The molecule has 0 saturated heterocycles. The molecule has 120 valence electrons. The third kappa shape index (κ3) is 3.41. The summed E-state index contributed by atoms with van der Waals surface area (Å²) in [7, 11) is 0. The number of para-hydroxylation sites is 2. The van der Waals surface area contributed by atoms with Gasteiger partial charge in [0.1, 0.15) is 11.6 Å². The lowest BCUT2D eigenvalue weighted by Crippen LogP contribution is -2.31. The number of nitrogens with zero attached hydrogens (tertiary/aromatic N) is 1. The second-order valence-corrected chi connectivity index (χ2v) is 5.06. The van der Waals surface area contributed by atoms with Gasteiger partial charge in [-0.15, -0.1) is 0 Å². The smallest absolute Gasteiger partial charge is 0.304 e. The molecule has 0 aliphatic heterocycles. The fraction of sp³-hybridized carbons (Fsp3) is 0. The van der Waals surface area contributed by atoms with Gasteiger partial charge < -0.3 is 5.32 Å². The predicted octanol–water partition coefficient (Wildman–Crippen LogP) is 5.34. The molecule has 0 radical (unpaired) electrons. The van der Waals surface area contributed by atoms with Crippen LogP contribution in [0.5, 0.6) is 0 Å². The van der Waals surface area contributed by atoms with Crippen molar-refractivity contribution in [3.63, 3.8) is 0 Å². The van der Waals surface area contributed by atoms with Crippen molar-refractivity contribution in [2.24, 2.45) is 0 Å². The maximum Gasteiger partial charge on any atom is 0.331 e. The number of nitrogens with one attached hydrogen (secondary N) is 1. The molecule has 0 atom stereocenters. The third-order valence-corrected chi connectivity index (χ3v) is 3.40. The first-order valence-corrected chi connectivity index (χ1v) is 7.31. The Morgan fingerprint density at radius 2 is 1.33 bits per heavy atom. The van der Waals surface area contributed by atoms with E-state index < -0.39 is 17.7 Å². The zero-order chi connectivity index (χ0) is 16.9. The van der Waals surface area contributed by atoms with Gasteiger partial charge in [-0.05, 0) is 36.4 Å². The van der Waals surface area contributed by atoms with E-state index in [-0.39, 0.29) is 5.69 Å². The largest absolute Gasteiger partial charge is 0.331 e. The van der Waals surface area contributed by atoms with E-state index in [4.69, 9.17) is 0 Å². The summed E-state index contributed by atoms with van der Waals surface area (Å²) in [5.74, 6) is -1.33. The number of rotatable bonds is 3. The summed E-state index contributed by atoms with van der Waals surface area (Å²) in [6, 6.07) is 20.2. The summed E-state index contributed by atoms with van der Waals surface area (Å²) >= 11 is 0. The summed E-state index contributed by atoms with van der Waals surface area (Å²) in [4.78, 5) is 14.1. The topological polar surface area (TPSA) is 32.3 Å². The van der Waals surface area contributed by atoms with Crippen molar-refractivity contribution >= 4 is 23.1 Å². The summed E-state index contributed by atoms with van der Waals surface area (Å²) in [6.07, 6.45) is 0. The number of hydrogen-bond donors (Lipinski definition) is 1. The first-order valence-electron chi connectivity index (χ1n) is 7.31. The molecule has 0 saturated carbocycles. The Morgan fingerprint density at radius 3 is 1.88 bits per heavy atom. The van der Waals surface area contributed by atoms with E-state index >= 15 is 0 Å². The molecule has 0 heterocycles. The lowest BCUT2D eigenvalue weighted by Gasteiger charge is -2.23. The molecule has 3 nitrogen and oxygen atoms in total. The van der Waals surface area contributed by atoms with Gasteiger partial charge in [-0.1, -0.05) is 36.4 Å². The molecule has 24 heavy (non-hydrogen) atoms. The minimum absolute atomic E-state index is 0.211. The van der Waals surface area contributed by atoms with Crippen LogP contribution in [0.25, 0.3) is 0 Å². The normalized spacial score (nSPS) is 10.2. The van der Waals surface area contributed by atoms with E-state index in [1.165, 1.54) is 4.90 Å². The summed E-state index contributed by atoms with van der Waals surface area (Å²) in [6.45, 7) is 0. The Hall–Kier alpha value is -3.21. The molecule has 0 spiro atoms. The molecule has 0 unspecified atom stereocenters. The number of amides is 2. The number of carbonyl (C=O) groups is 1. The molecule has 3 rings (SSSR count). The van der Waals surface area contributed by atoms with Crippen LogP contribution in [0.3, 0.4) is 0 Å². The quantitative estimate of drug-likeness (QED) is 0.693. The molecule has 2 amide bonds. The Labute approximate surface area is 138 Å². The lowest BCUT2D eigenvalue weighted by atomic mass is 10.2. The van der Waals surface area contributed by atoms with Gasteiger partial charge in [0.05, 0.1) is 17.1 Å². The van der Waals surface area contributed by atoms with Gasteiger partial charge in [0.2, 0.25) is 0 Å². The molecule has 0 fully saturated rings. The van der Waals surface area contributed by atoms with Gasteiger partial charge in [0, 0.05) is 6.07 Å². The zero-order valence-corrected chi connectivity index (χ0v) is 12.6. The summed E-state index contributed by atoms with van der Waals surface area (Å²) in [5.41, 5.74) is 1.01. The van der Waals surface area contributed by atoms with E-state index in [0.717, 1.165) is 18.2 Å². The number of halogens is 2. The van der Waals surface area contributed by atoms with Crippen LogP contribution >= 0.6 is 0 Å². The predicted molar refractivity (Wildman–Crippen MR) is 90.4 cm³/mol. The van der Waals surface area contributed by atoms with E-state index in [0.29, 0.717) is 11.4 Å². The van der Waals surface area contributed by atoms with Crippen LogP contribution in [0.15, 0.2) is 78.9 Å². The van der Waals surface area contributed by atoms with Gasteiger partial charge >= 0.3 is 6.03 Å². The lowest BCUT2D eigenvalue weighted by molar-refractivity contribution is 0.259. The highest BCUT2D eigenvalue weighted by Crippen LogP contribution is 2.26. The second kappa shape index (κ2) is 6.91. The van der Waals surface area contributed by atoms with Crippen LogP contribution in [-0.4, -0.2) is 6.03 Å². The minimum atomic E-state index is -0.703. The van der Waals surface area contributed by atoms with Crippen molar-refractivity contribution in [3.05, 3.63) is 90.5 Å². The monoisotopic (exact) mass is 324 g/mol. The van der Waals surface area contributed by atoms with Crippen molar-refractivity contribution in [2.75, 3.05) is 10.2 Å². The van der Waals surface area contributed by atoms with E-state index in [9.17, 15) is 13.6 Å². The van der Waals surface area contributed by atoms with Crippen LogP contribution in [0.4, 0.5) is 30.6 Å². The van der Waals surface area contributed by atoms with Crippen LogP contribution in [-0.2, 0) is 0 Å². The number of hydrogen-bond acceptors (Lipinski definition) is 1. The van der Waals surface area contributed by atoms with Gasteiger partial charge in [-0.25, -0.2) is 13.6 Å². The van der Waals surface area contributed by atoms with Crippen molar-refractivity contribution in [1.82, 2.24) is 0 Å². The molecule has 0 bridgehead atoms. The number of anilines is 3. The molecule has 5 heteroatoms. The average molecular weight is 324 g/mol. The molecule has 3 aromatic carbocycles. The van der Waals surface area contributed by atoms with Gasteiger partial charge in [0.25, 0.3) is 0 Å². The number of carbonyl (C=O) groups excluding carboxylic acids is 1. The molecular weight excluding hydrogens is 310 g/mol. The standard InChI is InChI=1S/C19H14F2N2O/c20-14-11-12-17(21)18(13-14)22-19(24)23(15-7-3-1-4-8-15)16-9-5-2-6-10-16/h1-13H,(H,22,24). The zero-order valence-electron chi connectivity index (χ0n) is 12.6. The van der Waals surface area contributed by atoms with E-state index in [1.807, 2.05) is 12.1 Å². The fourth-order valence-corrected chi connectivity index (χ4v) is 2.30. The summed E-state index contributed by atoms with van der Waals surface area (Å²) < 4.78 is 27.1. The van der Waals surface area contributed by atoms with Gasteiger partial charge in [-0.3, -0.25) is 4.90 Å². The highest BCUT2D eigenvalue weighted by Gasteiger charge is 2.19. The van der Waals surface area contributed by atoms with Crippen LogP contribution in [0, 0.1) is 11.6 Å². The highest BCUT2D eigenvalue weighted by atomic mass is 19.1. The van der Waals surface area contributed by atoms with Crippen molar-refractivity contribution in [3.8, 4) is 0 Å². The first-order chi connectivity index (χ1) is 11.6. The molecule has 0 aromatic heterocycles. The Bertz CT molecular complexity index is 799. The Morgan fingerprint density at radius 1 is 0.792 bits per heavy atom. The maximum absolute atomic E-state index is 13.8. The molecule has 0 aliphatic carbocycles. The molecule has 3 aromatic rings. The van der Waals surface area contributed by atoms with Crippen LogP contribution in [0.2, 0.25) is 0 Å². The van der Waals surface area contributed by atoms with Gasteiger partial charge in [0.15, 0.2) is 0 Å².